The predicted octanol–water partition coefficient (Wildman–Crippen LogP) is 2.22. The molecule has 90 valence electrons. The quantitative estimate of drug-likeness (QED) is 0.662. The third-order valence-corrected chi connectivity index (χ3v) is 3.89. The summed E-state index contributed by atoms with van der Waals surface area (Å²) in [7, 11) is 0. The van der Waals surface area contributed by atoms with Crippen LogP contribution in [0.5, 0.6) is 0 Å². The largest absolute Gasteiger partial charge is 0.481 e. The topological polar surface area (TPSA) is 49.3 Å². The van der Waals surface area contributed by atoms with Gasteiger partial charge in [-0.1, -0.05) is 0 Å². The van der Waals surface area contributed by atoms with Crippen LogP contribution in [0.15, 0.2) is 0 Å². The highest BCUT2D eigenvalue weighted by molar-refractivity contribution is 7.98. The smallest absolute Gasteiger partial charge is 0.310 e. The molecule has 0 fully saturated rings. The molecule has 0 aliphatic rings. The van der Waals surface area contributed by atoms with Gasteiger partial charge in [-0.25, -0.2) is 0 Å². The Morgan fingerprint density at radius 2 is 1.87 bits per heavy atom. The Labute approximate surface area is 97.0 Å². The fourth-order valence-electron chi connectivity index (χ4n) is 1.11. The minimum Gasteiger partial charge on any atom is -0.481 e. The average Bonchev–Trinajstić information content (AvgIpc) is 2.12. The van der Waals surface area contributed by atoms with E-state index in [-0.39, 0.29) is 0 Å². The lowest BCUT2D eigenvalue weighted by Gasteiger charge is -2.39. The molecule has 0 saturated heterocycles. The minimum atomic E-state index is -0.759. The summed E-state index contributed by atoms with van der Waals surface area (Å²) in [5, 5.41) is 12.5. The highest BCUT2D eigenvalue weighted by Crippen LogP contribution is 2.30. The van der Waals surface area contributed by atoms with E-state index in [4.69, 9.17) is 5.11 Å². The van der Waals surface area contributed by atoms with Gasteiger partial charge in [0.1, 0.15) is 0 Å². The van der Waals surface area contributed by atoms with Gasteiger partial charge in [-0.3, -0.25) is 4.79 Å². The second-order valence-electron chi connectivity index (χ2n) is 4.83. The first-order valence-electron chi connectivity index (χ1n) is 5.23. The molecule has 0 aromatic rings. The van der Waals surface area contributed by atoms with Crippen LogP contribution in [0.3, 0.4) is 0 Å². The fourth-order valence-corrected chi connectivity index (χ4v) is 1.54. The van der Waals surface area contributed by atoms with Crippen LogP contribution in [0.1, 0.15) is 34.1 Å². The number of carbonyl (C=O) groups is 1. The van der Waals surface area contributed by atoms with Crippen molar-refractivity contribution < 1.29 is 9.90 Å². The molecule has 0 radical (unpaired) electrons. The minimum absolute atomic E-state index is 0.392. The number of carboxylic acid groups (broad SMARTS) is 1. The maximum absolute atomic E-state index is 11.1. The van der Waals surface area contributed by atoms with Crippen LogP contribution in [0.25, 0.3) is 0 Å². The maximum Gasteiger partial charge on any atom is 0.310 e. The van der Waals surface area contributed by atoms with Gasteiger partial charge in [0.15, 0.2) is 0 Å². The van der Waals surface area contributed by atoms with Gasteiger partial charge in [-0.15, -0.1) is 0 Å². The summed E-state index contributed by atoms with van der Waals surface area (Å²) >= 11 is 1.81. The van der Waals surface area contributed by atoms with Gasteiger partial charge in [0.05, 0.1) is 5.41 Å². The second-order valence-corrected chi connectivity index (χ2v) is 5.81. The molecule has 0 saturated carbocycles. The molecule has 0 atom stereocenters. The van der Waals surface area contributed by atoms with Crippen molar-refractivity contribution in [1.29, 1.82) is 0 Å². The molecular formula is C11H23NO2S. The Kier molecular flexibility index (Phi) is 5.67. The summed E-state index contributed by atoms with van der Waals surface area (Å²) in [6, 6.07) is 0. The van der Waals surface area contributed by atoms with Crippen molar-refractivity contribution in [2.45, 2.75) is 39.7 Å². The standard InChI is InChI=1S/C11H23NO2S/c1-10(2,9(13)14)11(3,4)12-7-6-8-15-5/h12H,6-8H2,1-5H3,(H,13,14). The van der Waals surface area contributed by atoms with E-state index in [1.165, 1.54) is 0 Å². The second kappa shape index (κ2) is 5.75. The maximum atomic E-state index is 11.1. The van der Waals surface area contributed by atoms with Crippen LogP contribution >= 0.6 is 11.8 Å². The van der Waals surface area contributed by atoms with Gasteiger partial charge >= 0.3 is 5.97 Å². The summed E-state index contributed by atoms with van der Waals surface area (Å²) in [4.78, 5) is 11.1. The van der Waals surface area contributed by atoms with E-state index in [1.54, 1.807) is 13.8 Å². The first kappa shape index (κ1) is 14.8. The van der Waals surface area contributed by atoms with E-state index in [0.29, 0.717) is 0 Å². The number of aliphatic carboxylic acids is 1. The lowest BCUT2D eigenvalue weighted by molar-refractivity contribution is -0.151. The number of nitrogens with one attached hydrogen (secondary N) is 1. The zero-order valence-electron chi connectivity index (χ0n) is 10.4. The third kappa shape index (κ3) is 4.03. The van der Waals surface area contributed by atoms with Crippen molar-refractivity contribution in [3.05, 3.63) is 0 Å². The third-order valence-electron chi connectivity index (χ3n) is 3.19. The molecule has 0 amide bonds. The van der Waals surface area contributed by atoms with Crippen molar-refractivity contribution in [1.82, 2.24) is 5.32 Å². The van der Waals surface area contributed by atoms with Crippen molar-refractivity contribution in [2.75, 3.05) is 18.6 Å². The highest BCUT2D eigenvalue weighted by Gasteiger charge is 2.42. The molecule has 0 unspecified atom stereocenters. The summed E-state index contributed by atoms with van der Waals surface area (Å²) in [6.45, 7) is 8.28. The zero-order valence-corrected chi connectivity index (χ0v) is 11.2. The monoisotopic (exact) mass is 233 g/mol. The Morgan fingerprint density at radius 1 is 1.33 bits per heavy atom. The summed E-state index contributed by atoms with van der Waals surface area (Å²) in [6.07, 6.45) is 3.15. The molecule has 3 nitrogen and oxygen atoms in total. The van der Waals surface area contributed by atoms with Gasteiger partial charge < -0.3 is 10.4 Å². The Hall–Kier alpha value is -0.220. The molecule has 0 aliphatic carbocycles. The van der Waals surface area contributed by atoms with E-state index in [1.807, 2.05) is 25.6 Å². The van der Waals surface area contributed by atoms with E-state index in [9.17, 15) is 4.79 Å². The van der Waals surface area contributed by atoms with Crippen LogP contribution in [-0.4, -0.2) is 35.2 Å². The molecular weight excluding hydrogens is 210 g/mol. The molecule has 0 rings (SSSR count). The molecule has 0 aliphatic heterocycles. The van der Waals surface area contributed by atoms with E-state index >= 15 is 0 Å². The predicted molar refractivity (Wildman–Crippen MR) is 66.5 cm³/mol. The first-order valence-corrected chi connectivity index (χ1v) is 6.62. The lowest BCUT2D eigenvalue weighted by atomic mass is 9.74. The van der Waals surface area contributed by atoms with Gasteiger partial charge in [0, 0.05) is 5.54 Å². The zero-order chi connectivity index (χ0) is 12.1. The van der Waals surface area contributed by atoms with Crippen molar-refractivity contribution >= 4 is 17.7 Å². The summed E-state index contributed by atoms with van der Waals surface area (Å²) < 4.78 is 0. The molecule has 0 heterocycles. The molecule has 0 bridgehead atoms. The van der Waals surface area contributed by atoms with Crippen LogP contribution in [0.4, 0.5) is 0 Å². The van der Waals surface area contributed by atoms with Gasteiger partial charge in [-0.2, -0.15) is 11.8 Å². The number of hydrogen-bond donors (Lipinski definition) is 2. The molecule has 4 heteroatoms. The van der Waals surface area contributed by atoms with Gasteiger partial charge in [-0.05, 0) is 52.7 Å². The van der Waals surface area contributed by atoms with Crippen LogP contribution in [0, 0.1) is 5.41 Å². The highest BCUT2D eigenvalue weighted by atomic mass is 32.2. The number of hydrogen-bond acceptors (Lipinski definition) is 3. The Morgan fingerprint density at radius 3 is 2.27 bits per heavy atom. The van der Waals surface area contributed by atoms with Crippen LogP contribution < -0.4 is 5.32 Å². The van der Waals surface area contributed by atoms with Crippen molar-refractivity contribution in [3.63, 3.8) is 0 Å². The van der Waals surface area contributed by atoms with Gasteiger partial charge in [0.2, 0.25) is 0 Å². The van der Waals surface area contributed by atoms with Crippen molar-refractivity contribution in [2.24, 2.45) is 5.41 Å². The fraction of sp³-hybridized carbons (Fsp3) is 0.909. The van der Waals surface area contributed by atoms with E-state index in [2.05, 4.69) is 11.6 Å². The molecule has 0 aromatic carbocycles. The summed E-state index contributed by atoms with van der Waals surface area (Å²) in [5.74, 6) is 0.348. The first-order chi connectivity index (χ1) is 6.75. The molecule has 0 spiro atoms. The van der Waals surface area contributed by atoms with Gasteiger partial charge in [0.25, 0.3) is 0 Å². The Bertz CT molecular complexity index is 215. The number of carboxylic acids is 1. The average molecular weight is 233 g/mol. The number of rotatable bonds is 7. The molecule has 15 heavy (non-hydrogen) atoms. The van der Waals surface area contributed by atoms with E-state index < -0.39 is 16.9 Å². The summed E-state index contributed by atoms with van der Waals surface area (Å²) in [5.41, 5.74) is -1.15. The SMILES string of the molecule is CSCCCNC(C)(C)C(C)(C)C(=O)O. The lowest BCUT2D eigenvalue weighted by Crippen LogP contribution is -2.55. The Balaban J connectivity index is 4.22. The van der Waals surface area contributed by atoms with Crippen molar-refractivity contribution in [3.8, 4) is 0 Å². The normalized spacial score (nSPS) is 12.9. The molecule has 0 aromatic heterocycles. The van der Waals surface area contributed by atoms with Crippen LogP contribution in [-0.2, 0) is 4.79 Å². The van der Waals surface area contributed by atoms with Crippen LogP contribution in [0.2, 0.25) is 0 Å². The van der Waals surface area contributed by atoms with E-state index in [0.717, 1.165) is 18.7 Å². The molecule has 2 N–H and O–H groups in total. The number of thioether (sulfide) groups is 1.